The number of carbonyl (C=O) groups excluding carboxylic acids is 1. The molecule has 0 aromatic heterocycles. The zero-order valence-corrected chi connectivity index (χ0v) is 25.6. The normalized spacial score (nSPS) is 14.7. The van der Waals surface area contributed by atoms with Crippen LogP contribution in [0.1, 0.15) is 38.8 Å². The minimum atomic E-state index is -3.98. The molecule has 1 atom stereocenters. The van der Waals surface area contributed by atoms with Gasteiger partial charge in [0, 0.05) is 23.5 Å². The molecule has 1 heterocycles. The van der Waals surface area contributed by atoms with Crippen LogP contribution < -0.4 is 19.3 Å². The number of fused-ring (bicyclic) bond motifs is 1. The van der Waals surface area contributed by atoms with Gasteiger partial charge in [-0.25, -0.2) is 8.42 Å². The van der Waals surface area contributed by atoms with Gasteiger partial charge in [-0.05, 0) is 67.9 Å². The molecule has 0 fully saturated rings. The van der Waals surface area contributed by atoms with Crippen molar-refractivity contribution < 1.29 is 17.9 Å². The summed E-state index contributed by atoms with van der Waals surface area (Å²) in [6.45, 7) is 4.39. The number of hydrogen-bond acceptors (Lipinski definition) is 5. The molecule has 44 heavy (non-hydrogen) atoms. The van der Waals surface area contributed by atoms with Crippen LogP contribution >= 0.6 is 0 Å². The summed E-state index contributed by atoms with van der Waals surface area (Å²) >= 11 is 0. The summed E-state index contributed by atoms with van der Waals surface area (Å²) < 4.78 is 35.5. The van der Waals surface area contributed by atoms with E-state index in [2.05, 4.69) is 9.62 Å². The molecule has 0 bridgehead atoms. The number of hydrogen-bond donors (Lipinski definition) is 1. The monoisotopic (exact) mass is 603 g/mol. The van der Waals surface area contributed by atoms with Gasteiger partial charge in [0.25, 0.3) is 15.9 Å². The van der Waals surface area contributed by atoms with E-state index in [-0.39, 0.29) is 10.8 Å². The Hall–Kier alpha value is -5.08. The molecule has 0 saturated heterocycles. The van der Waals surface area contributed by atoms with E-state index in [1.165, 1.54) is 6.07 Å². The average molecular weight is 604 g/mol. The fraction of sp³-hybridized carbons (Fsp3) is 0.139. The van der Waals surface area contributed by atoms with Gasteiger partial charge in [0.15, 0.2) is 0 Å². The summed E-state index contributed by atoms with van der Waals surface area (Å²) in [4.78, 5) is 18.5. The third-order valence-electron chi connectivity index (χ3n) is 7.81. The largest absolute Gasteiger partial charge is 0.496 e. The smallest absolute Gasteiger partial charge is 0.262 e. The van der Waals surface area contributed by atoms with Crippen molar-refractivity contribution in [3.63, 3.8) is 0 Å². The van der Waals surface area contributed by atoms with Gasteiger partial charge in [0.2, 0.25) is 0 Å². The van der Waals surface area contributed by atoms with Crippen LogP contribution in [0.25, 0.3) is 0 Å². The molecular formula is C36H33N3O4S. The van der Waals surface area contributed by atoms with Crippen LogP contribution in [-0.2, 0) is 16.6 Å². The number of anilines is 3. The van der Waals surface area contributed by atoms with Crippen molar-refractivity contribution in [1.82, 2.24) is 0 Å². The molecule has 0 unspecified atom stereocenters. The molecule has 1 N–H and O–H groups in total. The van der Waals surface area contributed by atoms with Crippen molar-refractivity contribution in [2.45, 2.75) is 31.5 Å². The van der Waals surface area contributed by atoms with Gasteiger partial charge in [-0.2, -0.15) is 0 Å². The standard InChI is InChI=1S/C36H33N3O4S/c1-25-13-17-28(18-14-25)37-44(41,42)30-21-22-33-32(23-30)36(40)39(29-19-15-26(2)16-20-29)35(31-11-7-8-12-34(31)43-3)38(33)24-27-9-5-4-6-10-27/h4-23,35,37H,24H2,1-3H3/t35-/m0/s1. The Balaban J connectivity index is 1.54. The topological polar surface area (TPSA) is 79.0 Å². The zero-order chi connectivity index (χ0) is 30.8. The number of amides is 1. The number of sulfonamides is 1. The molecule has 5 aromatic carbocycles. The number of benzene rings is 5. The fourth-order valence-corrected chi connectivity index (χ4v) is 6.64. The van der Waals surface area contributed by atoms with Gasteiger partial charge >= 0.3 is 0 Å². The van der Waals surface area contributed by atoms with Gasteiger partial charge in [0.05, 0.1) is 23.3 Å². The van der Waals surface area contributed by atoms with Crippen LogP contribution in [0.2, 0.25) is 0 Å². The van der Waals surface area contributed by atoms with E-state index in [0.29, 0.717) is 34.9 Å². The third-order valence-corrected chi connectivity index (χ3v) is 9.18. The van der Waals surface area contributed by atoms with Crippen LogP contribution in [0.5, 0.6) is 5.75 Å². The molecule has 6 rings (SSSR count). The number of rotatable bonds is 8. The van der Waals surface area contributed by atoms with E-state index in [1.54, 1.807) is 36.3 Å². The zero-order valence-electron chi connectivity index (χ0n) is 24.8. The summed E-state index contributed by atoms with van der Waals surface area (Å²) in [5.74, 6) is 0.335. The summed E-state index contributed by atoms with van der Waals surface area (Å²) in [5, 5.41) is 0. The highest BCUT2D eigenvalue weighted by molar-refractivity contribution is 7.92. The molecule has 8 heteroatoms. The number of carbonyl (C=O) groups is 1. The lowest BCUT2D eigenvalue weighted by molar-refractivity contribution is 0.0967. The first-order valence-corrected chi connectivity index (χ1v) is 15.8. The number of ether oxygens (including phenoxy) is 1. The summed E-state index contributed by atoms with van der Waals surface area (Å²) in [6.07, 6.45) is -0.581. The second-order valence-electron chi connectivity index (χ2n) is 10.9. The third kappa shape index (κ3) is 5.64. The first kappa shape index (κ1) is 29.0. The Morgan fingerprint density at radius 1 is 0.773 bits per heavy atom. The Morgan fingerprint density at radius 2 is 1.41 bits per heavy atom. The predicted molar refractivity (Wildman–Crippen MR) is 175 cm³/mol. The Bertz CT molecular complexity index is 1910. The number of nitrogens with zero attached hydrogens (tertiary/aromatic N) is 2. The van der Waals surface area contributed by atoms with Crippen molar-refractivity contribution in [1.29, 1.82) is 0 Å². The Kier molecular flexibility index (Phi) is 7.84. The van der Waals surface area contributed by atoms with Crippen LogP contribution in [0.15, 0.2) is 126 Å². The van der Waals surface area contributed by atoms with Gasteiger partial charge in [0.1, 0.15) is 11.9 Å². The van der Waals surface area contributed by atoms with Crippen LogP contribution in [0.4, 0.5) is 17.1 Å². The number of para-hydroxylation sites is 1. The van der Waals surface area contributed by atoms with Crippen molar-refractivity contribution in [3.8, 4) is 5.75 Å². The quantitative estimate of drug-likeness (QED) is 0.199. The fourth-order valence-electron chi connectivity index (χ4n) is 5.55. The van der Waals surface area contributed by atoms with E-state index in [4.69, 9.17) is 4.74 Å². The second kappa shape index (κ2) is 11.9. The number of methoxy groups -OCH3 is 1. The average Bonchev–Trinajstić information content (AvgIpc) is 3.04. The van der Waals surface area contributed by atoms with Crippen molar-refractivity contribution in [3.05, 3.63) is 149 Å². The maximum absolute atomic E-state index is 14.6. The van der Waals surface area contributed by atoms with Crippen LogP contribution in [0, 0.1) is 13.8 Å². The van der Waals surface area contributed by atoms with Gasteiger partial charge in [-0.3, -0.25) is 14.4 Å². The highest BCUT2D eigenvalue weighted by Gasteiger charge is 2.41. The first-order valence-electron chi connectivity index (χ1n) is 14.3. The summed E-state index contributed by atoms with van der Waals surface area (Å²) in [5.41, 5.74) is 5.98. The van der Waals surface area contributed by atoms with Crippen molar-refractivity contribution >= 4 is 33.0 Å². The maximum atomic E-state index is 14.6. The number of aryl methyl sites for hydroxylation is 2. The molecule has 0 saturated carbocycles. The predicted octanol–water partition coefficient (Wildman–Crippen LogP) is 7.48. The van der Waals surface area contributed by atoms with Crippen LogP contribution in [0.3, 0.4) is 0 Å². The molecule has 1 aliphatic rings. The molecule has 0 radical (unpaired) electrons. The van der Waals surface area contributed by atoms with Crippen LogP contribution in [-0.4, -0.2) is 21.4 Å². The van der Waals surface area contributed by atoms with E-state index in [9.17, 15) is 13.2 Å². The first-order chi connectivity index (χ1) is 21.2. The van der Waals surface area contributed by atoms with E-state index >= 15 is 0 Å². The second-order valence-corrected chi connectivity index (χ2v) is 12.6. The molecule has 1 aliphatic heterocycles. The molecule has 0 spiro atoms. The van der Waals surface area contributed by atoms with Crippen molar-refractivity contribution in [2.24, 2.45) is 0 Å². The molecule has 5 aromatic rings. The SMILES string of the molecule is COc1ccccc1[C@H]1N(Cc2ccccc2)c2ccc(S(=O)(=O)Nc3ccc(C)cc3)cc2C(=O)N1c1ccc(C)cc1. The minimum absolute atomic E-state index is 0.00411. The van der Waals surface area contributed by atoms with E-state index in [0.717, 1.165) is 22.3 Å². The van der Waals surface area contributed by atoms with Gasteiger partial charge in [-0.1, -0.05) is 83.9 Å². The molecule has 1 amide bonds. The van der Waals surface area contributed by atoms with E-state index in [1.807, 2.05) is 105 Å². The lowest BCUT2D eigenvalue weighted by Crippen LogP contribution is -2.49. The number of nitrogens with one attached hydrogen (secondary N) is 1. The maximum Gasteiger partial charge on any atom is 0.262 e. The Labute approximate surface area is 258 Å². The van der Waals surface area contributed by atoms with Gasteiger partial charge < -0.3 is 9.64 Å². The molecule has 0 aliphatic carbocycles. The summed E-state index contributed by atoms with van der Waals surface area (Å²) in [7, 11) is -2.36. The van der Waals surface area contributed by atoms with Crippen molar-refractivity contribution in [2.75, 3.05) is 21.6 Å². The minimum Gasteiger partial charge on any atom is -0.496 e. The lowest BCUT2D eigenvalue weighted by Gasteiger charge is -2.46. The molecular weight excluding hydrogens is 570 g/mol. The lowest BCUT2D eigenvalue weighted by atomic mass is 9.98. The highest BCUT2D eigenvalue weighted by Crippen LogP contribution is 2.45. The Morgan fingerprint density at radius 3 is 2.09 bits per heavy atom. The molecule has 7 nitrogen and oxygen atoms in total. The van der Waals surface area contributed by atoms with E-state index < -0.39 is 16.2 Å². The summed E-state index contributed by atoms with van der Waals surface area (Å²) in [6, 6.07) is 37.3. The molecule has 222 valence electrons. The highest BCUT2D eigenvalue weighted by atomic mass is 32.2. The van der Waals surface area contributed by atoms with Gasteiger partial charge in [-0.15, -0.1) is 0 Å².